The molecule has 306 valence electrons. The van der Waals surface area contributed by atoms with E-state index in [-0.39, 0.29) is 50.2 Å². The lowest BCUT2D eigenvalue weighted by Crippen LogP contribution is -2.35. The highest BCUT2D eigenvalue weighted by atomic mass is 16.6. The molecule has 0 aromatic carbocycles. The monoisotopic (exact) mass is 743 g/mol. The minimum absolute atomic E-state index is 0.0703. The first kappa shape index (κ1) is 49.4. The molecule has 0 rings (SSSR count). The number of likely N-dealkylation sites (N-methyl/N-ethyl adjacent to an activating group) is 1. The first-order valence-electron chi connectivity index (χ1n) is 20.7. The van der Waals surface area contributed by atoms with Gasteiger partial charge in [0.2, 0.25) is 0 Å². The van der Waals surface area contributed by atoms with Crippen LogP contribution in [0.1, 0.15) is 156 Å². The Hall–Kier alpha value is -2.60. The molecule has 0 aliphatic carbocycles. The number of carbonyl (C=O) groups excluding carboxylic acids is 4. The largest absolute Gasteiger partial charge is 0.466 e. The van der Waals surface area contributed by atoms with Crippen molar-refractivity contribution in [2.24, 2.45) is 0 Å². The quantitative estimate of drug-likeness (QED) is 0.0374. The van der Waals surface area contributed by atoms with Gasteiger partial charge in [0.1, 0.15) is 12.2 Å². The summed E-state index contributed by atoms with van der Waals surface area (Å²) < 4.78 is 21.9. The van der Waals surface area contributed by atoms with Crippen molar-refractivity contribution in [2.75, 3.05) is 66.6 Å². The van der Waals surface area contributed by atoms with E-state index in [2.05, 4.69) is 29.4 Å². The molecular formula is C40H78N4O8. The molecule has 0 heterocycles. The van der Waals surface area contributed by atoms with Gasteiger partial charge in [0.05, 0.1) is 26.1 Å². The predicted molar refractivity (Wildman–Crippen MR) is 208 cm³/mol. The van der Waals surface area contributed by atoms with Crippen LogP contribution >= 0.6 is 0 Å². The molecule has 0 saturated carbocycles. The molecule has 0 spiro atoms. The van der Waals surface area contributed by atoms with Crippen molar-refractivity contribution in [1.29, 1.82) is 0 Å². The third kappa shape index (κ3) is 32.1. The number of ether oxygens (including phenoxy) is 4. The van der Waals surface area contributed by atoms with Crippen molar-refractivity contribution in [3.63, 3.8) is 0 Å². The summed E-state index contributed by atoms with van der Waals surface area (Å²) in [5, 5.41) is 5.52. The molecule has 52 heavy (non-hydrogen) atoms. The molecule has 0 aliphatic heterocycles. The molecule has 0 aliphatic rings. The Kier molecular flexibility index (Phi) is 33.7. The summed E-state index contributed by atoms with van der Waals surface area (Å²) in [6, 6.07) is 0. The van der Waals surface area contributed by atoms with Crippen molar-refractivity contribution in [1.82, 2.24) is 20.4 Å². The van der Waals surface area contributed by atoms with E-state index >= 15 is 0 Å². The van der Waals surface area contributed by atoms with E-state index in [9.17, 15) is 19.2 Å². The topological polar surface area (TPSA) is 136 Å². The lowest BCUT2D eigenvalue weighted by atomic mass is 10.1. The maximum absolute atomic E-state index is 12.4. The number of alkyl carbamates (subject to hydrolysis) is 2. The van der Waals surface area contributed by atoms with Crippen LogP contribution < -0.4 is 10.6 Å². The molecule has 2 N–H and O–H groups in total. The number of hydrogen-bond donors (Lipinski definition) is 2. The summed E-state index contributed by atoms with van der Waals surface area (Å²) in [6.07, 6.45) is 18.3. The van der Waals surface area contributed by atoms with E-state index in [0.717, 1.165) is 45.1 Å². The van der Waals surface area contributed by atoms with Crippen molar-refractivity contribution in [2.45, 2.75) is 168 Å². The number of unbranched alkanes of at least 4 members (excludes halogenated alkanes) is 10. The zero-order valence-corrected chi connectivity index (χ0v) is 34.1. The highest BCUT2D eigenvalue weighted by molar-refractivity contribution is 5.70. The molecule has 2 amide bonds. The molecule has 12 heteroatoms. The average molecular weight is 743 g/mol. The standard InChI is InChI=1S/C40H78N4O8/c1-7-11-13-15-17-19-23-35(9-3)51-39(47)41-27-21-33-49-37(45)25-29-44(32-31-43(5)6)30-26-38(46)50-34-22-28-42-40(48)52-36(10-4)24-20-18-16-14-12-8-2/h35-36H,7-34H2,1-6H3,(H,41,47)(H,42,48). The minimum Gasteiger partial charge on any atom is -0.466 e. The highest BCUT2D eigenvalue weighted by Crippen LogP contribution is 2.14. The van der Waals surface area contributed by atoms with Crippen LogP contribution in [0.15, 0.2) is 0 Å². The fourth-order valence-electron chi connectivity index (χ4n) is 5.60. The van der Waals surface area contributed by atoms with Crippen molar-refractivity contribution in [3.8, 4) is 0 Å². The van der Waals surface area contributed by atoms with Gasteiger partial charge in [0.15, 0.2) is 0 Å². The first-order chi connectivity index (χ1) is 25.1. The van der Waals surface area contributed by atoms with Crippen molar-refractivity contribution in [3.05, 3.63) is 0 Å². The van der Waals surface area contributed by atoms with Gasteiger partial charge in [-0.25, -0.2) is 9.59 Å². The Morgan fingerprint density at radius 3 is 1.31 bits per heavy atom. The summed E-state index contributed by atoms with van der Waals surface area (Å²) in [6.45, 7) is 12.0. The summed E-state index contributed by atoms with van der Waals surface area (Å²) >= 11 is 0. The van der Waals surface area contributed by atoms with Gasteiger partial charge in [-0.1, -0.05) is 91.9 Å². The summed E-state index contributed by atoms with van der Waals surface area (Å²) in [7, 11) is 3.95. The molecule has 2 atom stereocenters. The van der Waals surface area contributed by atoms with Gasteiger partial charge < -0.3 is 39.4 Å². The van der Waals surface area contributed by atoms with Gasteiger partial charge in [-0.05, 0) is 65.5 Å². The Labute approximate surface area is 317 Å². The van der Waals surface area contributed by atoms with Crippen molar-refractivity contribution < 1.29 is 38.1 Å². The zero-order valence-electron chi connectivity index (χ0n) is 34.1. The number of carbonyl (C=O) groups is 4. The lowest BCUT2D eigenvalue weighted by molar-refractivity contribution is -0.144. The summed E-state index contributed by atoms with van der Waals surface area (Å²) in [5.41, 5.74) is 0. The highest BCUT2D eigenvalue weighted by Gasteiger charge is 2.15. The third-order valence-electron chi connectivity index (χ3n) is 9.05. The first-order valence-corrected chi connectivity index (χ1v) is 20.7. The maximum Gasteiger partial charge on any atom is 0.407 e. The summed E-state index contributed by atoms with van der Waals surface area (Å²) in [4.78, 5) is 53.3. The minimum atomic E-state index is -0.421. The Morgan fingerprint density at radius 1 is 0.519 bits per heavy atom. The van der Waals surface area contributed by atoms with Crippen molar-refractivity contribution >= 4 is 24.1 Å². The maximum atomic E-state index is 12.4. The second-order valence-electron chi connectivity index (χ2n) is 14.1. The Bertz CT molecular complexity index is 828. The Balaban J connectivity index is 4.19. The van der Waals surface area contributed by atoms with Crippen LogP contribution in [0.3, 0.4) is 0 Å². The molecule has 0 fully saturated rings. The lowest BCUT2D eigenvalue weighted by Gasteiger charge is -2.23. The van der Waals surface area contributed by atoms with E-state index in [1.807, 2.05) is 32.8 Å². The van der Waals surface area contributed by atoms with Crippen LogP contribution in [0.2, 0.25) is 0 Å². The van der Waals surface area contributed by atoms with Crippen LogP contribution in [-0.2, 0) is 28.5 Å². The van der Waals surface area contributed by atoms with E-state index in [1.54, 1.807) is 0 Å². The van der Waals surface area contributed by atoms with E-state index < -0.39 is 12.2 Å². The van der Waals surface area contributed by atoms with Gasteiger partial charge in [-0.3, -0.25) is 9.59 Å². The summed E-state index contributed by atoms with van der Waals surface area (Å²) in [5.74, 6) is -0.632. The predicted octanol–water partition coefficient (Wildman–Crippen LogP) is 8.01. The molecule has 0 aromatic heterocycles. The Morgan fingerprint density at radius 2 is 0.923 bits per heavy atom. The second kappa shape index (κ2) is 35.4. The molecule has 0 bridgehead atoms. The zero-order chi connectivity index (χ0) is 38.7. The molecule has 2 unspecified atom stereocenters. The average Bonchev–Trinajstić information content (AvgIpc) is 3.12. The van der Waals surface area contributed by atoms with Gasteiger partial charge in [-0.2, -0.15) is 0 Å². The third-order valence-corrected chi connectivity index (χ3v) is 9.05. The van der Waals surface area contributed by atoms with Gasteiger partial charge in [-0.15, -0.1) is 0 Å². The normalized spacial score (nSPS) is 12.4. The van der Waals surface area contributed by atoms with Crippen LogP contribution in [-0.4, -0.2) is 113 Å². The molecular weight excluding hydrogens is 664 g/mol. The van der Waals surface area contributed by atoms with Gasteiger partial charge in [0, 0.05) is 39.3 Å². The van der Waals surface area contributed by atoms with Gasteiger partial charge >= 0.3 is 24.1 Å². The smallest absolute Gasteiger partial charge is 0.407 e. The van der Waals surface area contributed by atoms with E-state index in [0.29, 0.717) is 45.6 Å². The number of amides is 2. The fraction of sp³-hybridized carbons (Fsp3) is 0.900. The SMILES string of the molecule is CCCCCCCCC(CC)OC(=O)NCCCOC(=O)CCN(CCC(=O)OCCCNC(=O)OC(CC)CCCCCCCC)CCN(C)C. The molecule has 0 radical (unpaired) electrons. The number of rotatable bonds is 35. The van der Waals surface area contributed by atoms with E-state index in [1.165, 1.54) is 64.2 Å². The number of nitrogens with one attached hydrogen (secondary N) is 2. The van der Waals surface area contributed by atoms with Crippen LogP contribution in [0.5, 0.6) is 0 Å². The molecule has 0 aromatic rings. The van der Waals surface area contributed by atoms with E-state index in [4.69, 9.17) is 18.9 Å². The molecule has 12 nitrogen and oxygen atoms in total. The number of esters is 2. The fourth-order valence-corrected chi connectivity index (χ4v) is 5.60. The number of hydrogen-bond acceptors (Lipinski definition) is 10. The second-order valence-corrected chi connectivity index (χ2v) is 14.1. The molecule has 0 saturated heterocycles. The van der Waals surface area contributed by atoms with Gasteiger partial charge in [0.25, 0.3) is 0 Å². The van der Waals surface area contributed by atoms with Crippen LogP contribution in [0.4, 0.5) is 9.59 Å². The van der Waals surface area contributed by atoms with Crippen LogP contribution in [0.25, 0.3) is 0 Å². The number of nitrogens with zero attached hydrogens (tertiary/aromatic N) is 2. The van der Waals surface area contributed by atoms with Crippen LogP contribution in [0, 0.1) is 0 Å².